The van der Waals surface area contributed by atoms with E-state index in [-0.39, 0.29) is 43.9 Å². The minimum absolute atomic E-state index is 0.0251. The van der Waals surface area contributed by atoms with Crippen molar-refractivity contribution in [1.82, 2.24) is 15.1 Å². The predicted octanol–water partition coefficient (Wildman–Crippen LogP) is 1.88. The molecule has 5 nitrogen and oxygen atoms in total. The van der Waals surface area contributed by atoms with Gasteiger partial charge in [0.15, 0.2) is 5.78 Å². The van der Waals surface area contributed by atoms with Gasteiger partial charge in [0.2, 0.25) is 0 Å². The molecule has 1 N–H and O–H groups in total. The summed E-state index contributed by atoms with van der Waals surface area (Å²) >= 11 is 0. The molecule has 128 valence electrons. The van der Waals surface area contributed by atoms with Gasteiger partial charge >= 0.3 is 12.2 Å². The number of carbonyl (C=O) groups excluding carboxylic acids is 2. The first kappa shape index (κ1) is 18.7. The second-order valence-electron chi connectivity index (χ2n) is 5.87. The molecule has 0 saturated carbocycles. The number of hydrogen-bond donors (Lipinski definition) is 1. The second kappa shape index (κ2) is 7.80. The quantitative estimate of drug-likeness (QED) is 0.840. The number of urea groups is 1. The third kappa shape index (κ3) is 5.82. The molecule has 0 aromatic rings. The summed E-state index contributed by atoms with van der Waals surface area (Å²) in [6, 6.07) is -0.933. The normalized spacial score (nSPS) is 18.4. The van der Waals surface area contributed by atoms with E-state index in [0.717, 1.165) is 0 Å². The summed E-state index contributed by atoms with van der Waals surface area (Å²) in [5, 5.41) is 2.70. The van der Waals surface area contributed by atoms with E-state index in [0.29, 0.717) is 6.42 Å². The molecule has 1 fully saturated rings. The monoisotopic (exact) mass is 323 g/mol. The van der Waals surface area contributed by atoms with Crippen LogP contribution in [-0.2, 0) is 4.79 Å². The standard InChI is InChI=1S/C14H24F3N3O2/c1-4-11(21)12(10(2)3)18-13(22)20-7-5-19(6-8-20)9-14(15,16)17/h10,12H,4-9H2,1-3H3,(H,18,22)/t12-/m0/s1. The summed E-state index contributed by atoms with van der Waals surface area (Å²) in [5.41, 5.74) is 0. The van der Waals surface area contributed by atoms with Crippen molar-refractivity contribution >= 4 is 11.8 Å². The highest BCUT2D eigenvalue weighted by Gasteiger charge is 2.33. The predicted molar refractivity (Wildman–Crippen MR) is 76.5 cm³/mol. The maximum atomic E-state index is 12.3. The van der Waals surface area contributed by atoms with Gasteiger partial charge in [-0.1, -0.05) is 20.8 Å². The molecule has 1 aliphatic rings. The van der Waals surface area contributed by atoms with Crippen molar-refractivity contribution < 1.29 is 22.8 Å². The molecule has 1 heterocycles. The number of nitrogens with zero attached hydrogens (tertiary/aromatic N) is 2. The van der Waals surface area contributed by atoms with E-state index in [9.17, 15) is 22.8 Å². The molecular weight excluding hydrogens is 299 g/mol. The highest BCUT2D eigenvalue weighted by atomic mass is 19.4. The van der Waals surface area contributed by atoms with Gasteiger partial charge in [0.05, 0.1) is 12.6 Å². The minimum Gasteiger partial charge on any atom is -0.328 e. The molecule has 1 rings (SSSR count). The van der Waals surface area contributed by atoms with Gasteiger partial charge in [-0.15, -0.1) is 0 Å². The summed E-state index contributed by atoms with van der Waals surface area (Å²) in [7, 11) is 0. The molecular formula is C14H24F3N3O2. The van der Waals surface area contributed by atoms with Crippen molar-refractivity contribution in [3.8, 4) is 0 Å². The van der Waals surface area contributed by atoms with Crippen LogP contribution in [0.2, 0.25) is 0 Å². The first-order valence-electron chi connectivity index (χ1n) is 7.51. The number of nitrogens with one attached hydrogen (secondary N) is 1. The van der Waals surface area contributed by atoms with Gasteiger partial charge < -0.3 is 10.2 Å². The third-order valence-electron chi connectivity index (χ3n) is 3.70. The van der Waals surface area contributed by atoms with Crippen molar-refractivity contribution in [1.29, 1.82) is 0 Å². The Morgan fingerprint density at radius 3 is 2.09 bits per heavy atom. The van der Waals surface area contributed by atoms with E-state index < -0.39 is 18.8 Å². The highest BCUT2D eigenvalue weighted by molar-refractivity contribution is 5.88. The molecule has 2 amide bonds. The van der Waals surface area contributed by atoms with Crippen LogP contribution in [0, 0.1) is 5.92 Å². The summed E-state index contributed by atoms with van der Waals surface area (Å²) in [6.45, 7) is 5.30. The van der Waals surface area contributed by atoms with Crippen LogP contribution in [0.3, 0.4) is 0 Å². The number of piperazine rings is 1. The Bertz CT molecular complexity index is 391. The van der Waals surface area contributed by atoms with E-state index in [1.165, 1.54) is 9.80 Å². The Balaban J connectivity index is 2.50. The van der Waals surface area contributed by atoms with Gasteiger partial charge in [-0.05, 0) is 5.92 Å². The van der Waals surface area contributed by atoms with Gasteiger partial charge in [0.1, 0.15) is 0 Å². The van der Waals surface area contributed by atoms with Crippen LogP contribution in [0.25, 0.3) is 0 Å². The van der Waals surface area contributed by atoms with Gasteiger partial charge in [-0.25, -0.2) is 4.79 Å². The van der Waals surface area contributed by atoms with Crippen LogP contribution >= 0.6 is 0 Å². The fourth-order valence-electron chi connectivity index (χ4n) is 2.43. The summed E-state index contributed by atoms with van der Waals surface area (Å²) < 4.78 is 36.9. The fraction of sp³-hybridized carbons (Fsp3) is 0.857. The molecule has 22 heavy (non-hydrogen) atoms. The van der Waals surface area contributed by atoms with Crippen LogP contribution in [-0.4, -0.2) is 66.6 Å². The number of halogens is 3. The van der Waals surface area contributed by atoms with Crippen LogP contribution in [0.15, 0.2) is 0 Å². The number of carbonyl (C=O) groups is 2. The minimum atomic E-state index is -4.22. The molecule has 8 heteroatoms. The van der Waals surface area contributed by atoms with Crippen LogP contribution < -0.4 is 5.32 Å². The summed E-state index contributed by atoms with van der Waals surface area (Å²) in [4.78, 5) is 26.7. The smallest absolute Gasteiger partial charge is 0.328 e. The number of Topliss-reactive ketones (excluding diaryl/α,β-unsaturated/α-hetero) is 1. The largest absolute Gasteiger partial charge is 0.401 e. The number of rotatable bonds is 5. The maximum absolute atomic E-state index is 12.3. The lowest BCUT2D eigenvalue weighted by atomic mass is 9.98. The van der Waals surface area contributed by atoms with E-state index >= 15 is 0 Å². The molecule has 0 bridgehead atoms. The topological polar surface area (TPSA) is 52.7 Å². The van der Waals surface area contributed by atoms with Gasteiger partial charge in [0.25, 0.3) is 0 Å². The first-order chi connectivity index (χ1) is 10.1. The van der Waals surface area contributed by atoms with E-state index in [1.54, 1.807) is 6.92 Å². The second-order valence-corrected chi connectivity index (χ2v) is 5.87. The molecule has 1 atom stereocenters. The fourth-order valence-corrected chi connectivity index (χ4v) is 2.43. The lowest BCUT2D eigenvalue weighted by molar-refractivity contribution is -0.148. The highest BCUT2D eigenvalue weighted by Crippen LogP contribution is 2.17. The Kier molecular flexibility index (Phi) is 6.65. The molecule has 1 aliphatic heterocycles. The van der Waals surface area contributed by atoms with E-state index in [2.05, 4.69) is 5.32 Å². The Hall–Kier alpha value is -1.31. The SMILES string of the molecule is CCC(=O)[C@@H](NC(=O)N1CCN(CC(F)(F)F)CC1)C(C)C. The van der Waals surface area contributed by atoms with Crippen LogP contribution in [0.1, 0.15) is 27.2 Å². The summed E-state index contributed by atoms with van der Waals surface area (Å²) in [6.07, 6.45) is -3.89. The van der Waals surface area contributed by atoms with Crippen LogP contribution in [0.5, 0.6) is 0 Å². The number of hydrogen-bond acceptors (Lipinski definition) is 3. The molecule has 0 radical (unpaired) electrons. The van der Waals surface area contributed by atoms with Crippen molar-refractivity contribution in [3.63, 3.8) is 0 Å². The maximum Gasteiger partial charge on any atom is 0.401 e. The van der Waals surface area contributed by atoms with Gasteiger partial charge in [0, 0.05) is 32.6 Å². The van der Waals surface area contributed by atoms with Crippen LogP contribution in [0.4, 0.5) is 18.0 Å². The Morgan fingerprint density at radius 2 is 1.68 bits per heavy atom. The lowest BCUT2D eigenvalue weighted by Crippen LogP contribution is -2.56. The zero-order chi connectivity index (χ0) is 16.9. The average molecular weight is 323 g/mol. The molecule has 0 spiro atoms. The van der Waals surface area contributed by atoms with E-state index in [4.69, 9.17) is 0 Å². The zero-order valence-electron chi connectivity index (χ0n) is 13.2. The van der Waals surface area contributed by atoms with Gasteiger partial charge in [-0.2, -0.15) is 13.2 Å². The van der Waals surface area contributed by atoms with Crippen molar-refractivity contribution in [2.24, 2.45) is 5.92 Å². The lowest BCUT2D eigenvalue weighted by Gasteiger charge is -2.36. The third-order valence-corrected chi connectivity index (χ3v) is 3.70. The van der Waals surface area contributed by atoms with E-state index in [1.807, 2.05) is 13.8 Å². The molecule has 0 unspecified atom stereocenters. The molecule has 0 aromatic carbocycles. The van der Waals surface area contributed by atoms with Gasteiger partial charge in [-0.3, -0.25) is 9.69 Å². The first-order valence-corrected chi connectivity index (χ1v) is 7.51. The zero-order valence-corrected chi connectivity index (χ0v) is 13.2. The number of amides is 2. The molecule has 0 aromatic heterocycles. The Labute approximate surface area is 128 Å². The molecule has 0 aliphatic carbocycles. The van der Waals surface area contributed by atoms with Crippen molar-refractivity contribution in [2.45, 2.75) is 39.4 Å². The summed E-state index contributed by atoms with van der Waals surface area (Å²) in [5.74, 6) is -0.0676. The molecule has 1 saturated heterocycles. The average Bonchev–Trinajstić information content (AvgIpc) is 2.42. The number of alkyl halides is 3. The Morgan fingerprint density at radius 1 is 1.14 bits per heavy atom. The van der Waals surface area contributed by atoms with Crippen molar-refractivity contribution in [2.75, 3.05) is 32.7 Å². The van der Waals surface area contributed by atoms with Crippen molar-refractivity contribution in [3.05, 3.63) is 0 Å². The number of ketones is 1.